The molecule has 2 heteroatoms. The van der Waals surface area contributed by atoms with Crippen LogP contribution < -0.4 is 5.32 Å². The number of nitrogens with zero attached hydrogens (tertiary/aromatic N) is 2. The molecule has 2 aliphatic rings. The normalized spacial score (nSPS) is 35.4. The molecule has 0 aromatic heterocycles. The minimum absolute atomic E-state index is 0.625. The zero-order valence-corrected chi connectivity index (χ0v) is 6.42. The van der Waals surface area contributed by atoms with E-state index in [-0.39, 0.29) is 0 Å². The van der Waals surface area contributed by atoms with Gasteiger partial charge in [0.25, 0.3) is 0 Å². The van der Waals surface area contributed by atoms with Gasteiger partial charge in [-0.25, -0.2) is 5.32 Å². The van der Waals surface area contributed by atoms with Gasteiger partial charge in [0.2, 0.25) is 0 Å². The average Bonchev–Trinajstić information content (AvgIpc) is 1.86. The van der Waals surface area contributed by atoms with E-state index in [1.165, 1.54) is 38.8 Å². The average molecular weight is 139 g/mol. The maximum absolute atomic E-state index is 4.42. The van der Waals surface area contributed by atoms with Gasteiger partial charge in [-0.05, 0) is 32.4 Å². The lowest BCUT2D eigenvalue weighted by Gasteiger charge is -2.39. The Hall–Kier alpha value is -0.0800. The standard InChI is InChI=1S/C8H15N2/c1-2-6-10(7-3-1)8-4-5-9-8/h8H,1-7H2. The van der Waals surface area contributed by atoms with E-state index in [2.05, 4.69) is 10.2 Å². The number of likely N-dealkylation sites (tertiary alicyclic amines) is 1. The SMILES string of the molecule is C1CCN(C2CC[N]2)CC1. The summed E-state index contributed by atoms with van der Waals surface area (Å²) < 4.78 is 0. The van der Waals surface area contributed by atoms with Crippen LogP contribution in [0.4, 0.5) is 0 Å². The van der Waals surface area contributed by atoms with E-state index in [9.17, 15) is 0 Å². The molecule has 0 aromatic carbocycles. The molecule has 10 heavy (non-hydrogen) atoms. The summed E-state index contributed by atoms with van der Waals surface area (Å²) in [5.74, 6) is 0. The third-order valence-corrected chi connectivity index (χ3v) is 2.54. The maximum atomic E-state index is 4.42. The first kappa shape index (κ1) is 6.62. The van der Waals surface area contributed by atoms with Crippen LogP contribution >= 0.6 is 0 Å². The molecule has 0 spiro atoms. The smallest absolute Gasteiger partial charge is 0.0773 e. The van der Waals surface area contributed by atoms with E-state index in [0.29, 0.717) is 6.17 Å². The van der Waals surface area contributed by atoms with Gasteiger partial charge in [-0.3, -0.25) is 4.90 Å². The molecular formula is C8H15N2. The maximum Gasteiger partial charge on any atom is 0.0773 e. The van der Waals surface area contributed by atoms with Crippen molar-refractivity contribution in [1.82, 2.24) is 10.2 Å². The van der Waals surface area contributed by atoms with Gasteiger partial charge in [0.05, 0.1) is 6.17 Å². The molecule has 0 aliphatic carbocycles. The Labute approximate surface area is 62.6 Å². The third-order valence-electron chi connectivity index (χ3n) is 2.54. The molecule has 2 saturated heterocycles. The minimum atomic E-state index is 0.625. The second kappa shape index (κ2) is 2.89. The third kappa shape index (κ3) is 1.18. The van der Waals surface area contributed by atoms with E-state index in [1.807, 2.05) is 0 Å². The highest BCUT2D eigenvalue weighted by Gasteiger charge is 2.25. The highest BCUT2D eigenvalue weighted by molar-refractivity contribution is 4.79. The van der Waals surface area contributed by atoms with Crippen LogP contribution in [0.2, 0.25) is 0 Å². The highest BCUT2D eigenvalue weighted by atomic mass is 15.3. The quantitative estimate of drug-likeness (QED) is 0.525. The van der Waals surface area contributed by atoms with Crippen LogP contribution in [0.5, 0.6) is 0 Å². The molecule has 1 atom stereocenters. The first-order chi connectivity index (χ1) is 4.97. The Morgan fingerprint density at radius 2 is 1.80 bits per heavy atom. The van der Waals surface area contributed by atoms with Crippen LogP contribution in [0, 0.1) is 0 Å². The van der Waals surface area contributed by atoms with E-state index in [1.54, 1.807) is 0 Å². The zero-order valence-electron chi connectivity index (χ0n) is 6.42. The van der Waals surface area contributed by atoms with Gasteiger partial charge < -0.3 is 0 Å². The summed E-state index contributed by atoms with van der Waals surface area (Å²) in [6.07, 6.45) is 6.17. The first-order valence-corrected chi connectivity index (χ1v) is 4.37. The van der Waals surface area contributed by atoms with Gasteiger partial charge in [-0.2, -0.15) is 0 Å². The largest absolute Gasteiger partial charge is 0.287 e. The summed E-state index contributed by atoms with van der Waals surface area (Å²) in [5, 5.41) is 4.42. The van der Waals surface area contributed by atoms with Crippen LogP contribution in [0.1, 0.15) is 25.7 Å². The lowest BCUT2D eigenvalue weighted by atomic mass is 10.1. The van der Waals surface area contributed by atoms with Crippen molar-refractivity contribution in [3.05, 3.63) is 0 Å². The highest BCUT2D eigenvalue weighted by Crippen LogP contribution is 2.16. The summed E-state index contributed by atoms with van der Waals surface area (Å²) in [5.41, 5.74) is 0. The Morgan fingerprint density at radius 3 is 2.30 bits per heavy atom. The number of rotatable bonds is 1. The fraction of sp³-hybridized carbons (Fsp3) is 1.00. The fourth-order valence-corrected chi connectivity index (χ4v) is 1.76. The topological polar surface area (TPSA) is 17.3 Å². The van der Waals surface area contributed by atoms with Crippen LogP contribution in [-0.2, 0) is 0 Å². The molecule has 0 amide bonds. The molecule has 1 unspecified atom stereocenters. The molecule has 2 heterocycles. The second-order valence-electron chi connectivity index (χ2n) is 3.27. The van der Waals surface area contributed by atoms with Crippen LogP contribution in [0.15, 0.2) is 0 Å². The number of piperidine rings is 1. The van der Waals surface area contributed by atoms with Crippen molar-refractivity contribution in [1.29, 1.82) is 0 Å². The van der Waals surface area contributed by atoms with Gasteiger partial charge in [0.1, 0.15) is 0 Å². The summed E-state index contributed by atoms with van der Waals surface area (Å²) >= 11 is 0. The predicted octanol–water partition coefficient (Wildman–Crippen LogP) is 0.806. The van der Waals surface area contributed by atoms with E-state index in [0.717, 1.165) is 6.54 Å². The Bertz CT molecular complexity index is 104. The van der Waals surface area contributed by atoms with E-state index < -0.39 is 0 Å². The van der Waals surface area contributed by atoms with Crippen molar-refractivity contribution < 1.29 is 0 Å². The molecule has 0 saturated carbocycles. The molecular weight excluding hydrogens is 124 g/mol. The molecule has 2 fully saturated rings. The van der Waals surface area contributed by atoms with Gasteiger partial charge in [0, 0.05) is 6.54 Å². The van der Waals surface area contributed by atoms with Crippen molar-refractivity contribution in [2.45, 2.75) is 31.8 Å². The first-order valence-electron chi connectivity index (χ1n) is 4.37. The van der Waals surface area contributed by atoms with Gasteiger partial charge in [-0.15, -0.1) is 0 Å². The summed E-state index contributed by atoms with van der Waals surface area (Å²) in [6, 6.07) is 0. The van der Waals surface area contributed by atoms with Crippen molar-refractivity contribution >= 4 is 0 Å². The molecule has 57 valence electrons. The molecule has 2 rings (SSSR count). The number of hydrogen-bond acceptors (Lipinski definition) is 1. The lowest BCUT2D eigenvalue weighted by Crippen LogP contribution is -2.52. The monoisotopic (exact) mass is 139 g/mol. The summed E-state index contributed by atoms with van der Waals surface area (Å²) in [7, 11) is 0. The van der Waals surface area contributed by atoms with Crippen LogP contribution in [-0.4, -0.2) is 30.7 Å². The van der Waals surface area contributed by atoms with Gasteiger partial charge in [0.15, 0.2) is 0 Å². The van der Waals surface area contributed by atoms with Crippen molar-refractivity contribution in [3.8, 4) is 0 Å². The Balaban J connectivity index is 1.78. The lowest BCUT2D eigenvalue weighted by molar-refractivity contribution is 0.0845. The van der Waals surface area contributed by atoms with Crippen LogP contribution in [0.3, 0.4) is 0 Å². The predicted molar refractivity (Wildman–Crippen MR) is 40.8 cm³/mol. The molecule has 2 aliphatic heterocycles. The van der Waals surface area contributed by atoms with Crippen molar-refractivity contribution in [2.75, 3.05) is 19.6 Å². The van der Waals surface area contributed by atoms with Crippen LogP contribution in [0.25, 0.3) is 0 Å². The van der Waals surface area contributed by atoms with Crippen molar-refractivity contribution in [3.63, 3.8) is 0 Å². The second-order valence-corrected chi connectivity index (χ2v) is 3.27. The van der Waals surface area contributed by atoms with Crippen molar-refractivity contribution in [2.24, 2.45) is 0 Å². The molecule has 1 radical (unpaired) electrons. The molecule has 0 N–H and O–H groups in total. The zero-order chi connectivity index (χ0) is 6.81. The molecule has 2 nitrogen and oxygen atoms in total. The summed E-state index contributed by atoms with van der Waals surface area (Å²) in [4.78, 5) is 2.53. The Kier molecular flexibility index (Phi) is 1.91. The minimum Gasteiger partial charge on any atom is -0.287 e. The Morgan fingerprint density at radius 1 is 1.10 bits per heavy atom. The van der Waals surface area contributed by atoms with Gasteiger partial charge in [-0.1, -0.05) is 6.42 Å². The molecule has 0 bridgehead atoms. The molecule has 0 aromatic rings. The van der Waals surface area contributed by atoms with Gasteiger partial charge >= 0.3 is 0 Å². The van der Waals surface area contributed by atoms with E-state index >= 15 is 0 Å². The summed E-state index contributed by atoms with van der Waals surface area (Å²) in [6.45, 7) is 3.71. The fourth-order valence-electron chi connectivity index (χ4n) is 1.76. The number of hydrogen-bond donors (Lipinski definition) is 0. The van der Waals surface area contributed by atoms with E-state index in [4.69, 9.17) is 0 Å².